The predicted molar refractivity (Wildman–Crippen MR) is 68.1 cm³/mol. The Balaban J connectivity index is 2.26. The molecule has 0 aromatic carbocycles. The maximum Gasteiger partial charge on any atom is 0.352 e. The van der Waals surface area contributed by atoms with Gasteiger partial charge in [0.05, 0.1) is 6.54 Å². The molecule has 0 spiro atoms. The predicted octanol–water partition coefficient (Wildman–Crippen LogP) is 0.747. The molecule has 2 N–H and O–H groups in total. The molecule has 0 aliphatic heterocycles. The van der Waals surface area contributed by atoms with Crippen LogP contribution in [0.1, 0.15) is 23.3 Å². The van der Waals surface area contributed by atoms with Crippen molar-refractivity contribution in [3.8, 4) is 12.3 Å². The third kappa shape index (κ3) is 2.97. The van der Waals surface area contributed by atoms with Crippen LogP contribution >= 0.6 is 0 Å². The highest BCUT2D eigenvalue weighted by molar-refractivity contribution is 7.89. The minimum atomic E-state index is -3.73. The van der Waals surface area contributed by atoms with Crippen molar-refractivity contribution in [1.82, 2.24) is 9.29 Å². The van der Waals surface area contributed by atoms with Crippen LogP contribution in [0.4, 0.5) is 0 Å². The van der Waals surface area contributed by atoms with Crippen LogP contribution in [0.15, 0.2) is 17.2 Å². The molecule has 0 amide bonds. The molecule has 1 aliphatic carbocycles. The van der Waals surface area contributed by atoms with E-state index < -0.39 is 16.0 Å². The number of aromatic carboxylic acids is 1. The van der Waals surface area contributed by atoms with E-state index in [9.17, 15) is 13.2 Å². The number of carbonyl (C=O) groups is 1. The Bertz CT molecular complexity index is 622. The highest BCUT2D eigenvalue weighted by atomic mass is 32.2. The lowest BCUT2D eigenvalue weighted by Crippen LogP contribution is -2.33. The topological polar surface area (TPSA) is 90.5 Å². The maximum atomic E-state index is 12.3. The Morgan fingerprint density at radius 3 is 2.74 bits per heavy atom. The first-order chi connectivity index (χ1) is 8.95. The molecule has 0 atom stereocenters. The molecule has 1 heterocycles. The van der Waals surface area contributed by atoms with E-state index in [0.29, 0.717) is 12.5 Å². The lowest BCUT2D eigenvalue weighted by Gasteiger charge is -2.18. The number of rotatable bonds is 6. The lowest BCUT2D eigenvalue weighted by atomic mass is 10.4. The number of sulfonamides is 1. The Morgan fingerprint density at radius 1 is 1.58 bits per heavy atom. The summed E-state index contributed by atoms with van der Waals surface area (Å²) in [5.41, 5.74) is -0.161. The summed E-state index contributed by atoms with van der Waals surface area (Å²) in [6.07, 6.45) is 8.38. The van der Waals surface area contributed by atoms with E-state index in [1.54, 1.807) is 0 Å². The number of H-pyrrole nitrogens is 1. The van der Waals surface area contributed by atoms with Gasteiger partial charge in [-0.2, -0.15) is 4.31 Å². The van der Waals surface area contributed by atoms with Gasteiger partial charge in [-0.3, -0.25) is 0 Å². The fourth-order valence-electron chi connectivity index (χ4n) is 1.73. The van der Waals surface area contributed by atoms with E-state index in [1.165, 1.54) is 10.5 Å². The van der Waals surface area contributed by atoms with Gasteiger partial charge in [-0.1, -0.05) is 5.92 Å². The van der Waals surface area contributed by atoms with Gasteiger partial charge in [0, 0.05) is 12.7 Å². The minimum Gasteiger partial charge on any atom is -0.477 e. The van der Waals surface area contributed by atoms with Crippen LogP contribution in [-0.2, 0) is 10.0 Å². The minimum absolute atomic E-state index is 0.00752. The molecule has 7 heteroatoms. The molecule has 102 valence electrons. The zero-order valence-corrected chi connectivity index (χ0v) is 11.0. The molecular formula is C12H14N2O4S. The number of carboxylic acids is 1. The Kier molecular flexibility index (Phi) is 3.64. The molecule has 1 saturated carbocycles. The normalized spacial score (nSPS) is 15.4. The van der Waals surface area contributed by atoms with Gasteiger partial charge >= 0.3 is 5.97 Å². The van der Waals surface area contributed by atoms with Crippen molar-refractivity contribution in [3.05, 3.63) is 18.0 Å². The smallest absolute Gasteiger partial charge is 0.352 e. The summed E-state index contributed by atoms with van der Waals surface area (Å²) in [7, 11) is -3.73. The molecule has 1 aromatic heterocycles. The van der Waals surface area contributed by atoms with Crippen LogP contribution in [0.5, 0.6) is 0 Å². The van der Waals surface area contributed by atoms with E-state index >= 15 is 0 Å². The van der Waals surface area contributed by atoms with Crippen LogP contribution in [0, 0.1) is 18.3 Å². The second-order valence-corrected chi connectivity index (χ2v) is 6.44. The molecule has 6 nitrogen and oxygen atoms in total. The molecule has 1 aliphatic rings. The maximum absolute atomic E-state index is 12.3. The highest BCUT2D eigenvalue weighted by Crippen LogP contribution is 2.31. The van der Waals surface area contributed by atoms with Gasteiger partial charge in [0.15, 0.2) is 0 Å². The zero-order chi connectivity index (χ0) is 14.0. The second kappa shape index (κ2) is 5.07. The molecule has 0 bridgehead atoms. The largest absolute Gasteiger partial charge is 0.477 e. The summed E-state index contributed by atoms with van der Waals surface area (Å²) in [6, 6.07) is 1.11. The molecule has 1 fully saturated rings. The van der Waals surface area contributed by atoms with Crippen LogP contribution in [-0.4, -0.2) is 41.9 Å². The molecule has 2 rings (SSSR count). The summed E-state index contributed by atoms with van der Waals surface area (Å²) in [4.78, 5) is 13.1. The van der Waals surface area contributed by atoms with Gasteiger partial charge in [0.2, 0.25) is 10.0 Å². The average Bonchev–Trinajstić information content (AvgIpc) is 3.01. The van der Waals surface area contributed by atoms with Crippen molar-refractivity contribution in [2.45, 2.75) is 17.7 Å². The van der Waals surface area contributed by atoms with Crippen molar-refractivity contribution < 1.29 is 18.3 Å². The van der Waals surface area contributed by atoms with E-state index in [2.05, 4.69) is 10.9 Å². The van der Waals surface area contributed by atoms with Gasteiger partial charge in [-0.05, 0) is 24.8 Å². The second-order valence-electron chi connectivity index (χ2n) is 4.50. The number of nitrogens with one attached hydrogen (secondary N) is 1. The van der Waals surface area contributed by atoms with Crippen molar-refractivity contribution in [1.29, 1.82) is 0 Å². The number of aromatic amines is 1. The van der Waals surface area contributed by atoms with Crippen molar-refractivity contribution in [2.24, 2.45) is 5.92 Å². The third-order valence-electron chi connectivity index (χ3n) is 2.95. The fourth-order valence-corrected chi connectivity index (χ4v) is 3.16. The van der Waals surface area contributed by atoms with Crippen LogP contribution in [0.2, 0.25) is 0 Å². The number of nitrogens with zero attached hydrogens (tertiary/aromatic N) is 1. The van der Waals surface area contributed by atoms with Crippen molar-refractivity contribution in [3.63, 3.8) is 0 Å². The number of terminal acetylenes is 1. The number of aromatic nitrogens is 1. The standard InChI is InChI=1S/C12H14N2O4S/c1-2-5-14(8-9-3-4-9)19(17,18)10-6-11(12(15)16)13-7-10/h1,6-7,9,13H,3-5,8H2,(H,15,16). The summed E-state index contributed by atoms with van der Waals surface area (Å²) in [6.45, 7) is 0.381. The molecule has 0 radical (unpaired) electrons. The molecule has 0 saturated heterocycles. The van der Waals surface area contributed by atoms with Gasteiger partial charge < -0.3 is 10.1 Å². The SMILES string of the molecule is C#CCN(CC1CC1)S(=O)(=O)c1c[nH]c(C(=O)O)c1. The van der Waals surface area contributed by atoms with E-state index in [4.69, 9.17) is 11.5 Å². The summed E-state index contributed by atoms with van der Waals surface area (Å²) >= 11 is 0. The van der Waals surface area contributed by atoms with Crippen molar-refractivity contribution in [2.75, 3.05) is 13.1 Å². The van der Waals surface area contributed by atoms with Crippen LogP contribution in [0.3, 0.4) is 0 Å². The number of hydrogen-bond donors (Lipinski definition) is 2. The van der Waals surface area contributed by atoms with Crippen LogP contribution in [0.25, 0.3) is 0 Å². The molecule has 1 aromatic rings. The van der Waals surface area contributed by atoms with Crippen molar-refractivity contribution >= 4 is 16.0 Å². The Morgan fingerprint density at radius 2 is 2.26 bits per heavy atom. The van der Waals surface area contributed by atoms with E-state index in [-0.39, 0.29) is 17.1 Å². The quantitative estimate of drug-likeness (QED) is 0.753. The van der Waals surface area contributed by atoms with Gasteiger partial charge in [-0.15, -0.1) is 6.42 Å². The van der Waals surface area contributed by atoms with Gasteiger partial charge in [0.1, 0.15) is 10.6 Å². The zero-order valence-electron chi connectivity index (χ0n) is 10.2. The Hall–Kier alpha value is -1.78. The highest BCUT2D eigenvalue weighted by Gasteiger charge is 2.32. The first-order valence-electron chi connectivity index (χ1n) is 5.80. The molecule has 19 heavy (non-hydrogen) atoms. The van der Waals surface area contributed by atoms with Gasteiger partial charge in [0.25, 0.3) is 0 Å². The van der Waals surface area contributed by atoms with Gasteiger partial charge in [-0.25, -0.2) is 13.2 Å². The average molecular weight is 282 g/mol. The van der Waals surface area contributed by atoms with E-state index in [1.807, 2.05) is 0 Å². The first kappa shape index (κ1) is 13.6. The Labute approximate surface area is 111 Å². The summed E-state index contributed by atoms with van der Waals surface area (Å²) < 4.78 is 25.9. The summed E-state index contributed by atoms with van der Waals surface area (Å²) in [5, 5.41) is 8.79. The molecular weight excluding hydrogens is 268 g/mol. The fraction of sp³-hybridized carbons (Fsp3) is 0.417. The third-order valence-corrected chi connectivity index (χ3v) is 4.74. The molecule has 0 unspecified atom stereocenters. The monoisotopic (exact) mass is 282 g/mol. The number of hydrogen-bond acceptors (Lipinski definition) is 3. The summed E-state index contributed by atoms with van der Waals surface area (Å²) in [5.74, 6) is 1.49. The first-order valence-corrected chi connectivity index (χ1v) is 7.24. The van der Waals surface area contributed by atoms with E-state index in [0.717, 1.165) is 18.9 Å². The lowest BCUT2D eigenvalue weighted by molar-refractivity contribution is 0.0691. The number of carboxylic acid groups (broad SMARTS) is 1. The van der Waals surface area contributed by atoms with Crippen LogP contribution < -0.4 is 0 Å².